The Morgan fingerprint density at radius 1 is 1.44 bits per heavy atom. The van der Waals surface area contributed by atoms with Crippen LogP contribution >= 0.6 is 12.2 Å². The molecule has 0 saturated carbocycles. The quantitative estimate of drug-likeness (QED) is 0.612. The van der Waals surface area contributed by atoms with E-state index >= 15 is 0 Å². The first-order valence-electron chi connectivity index (χ1n) is 4.86. The van der Waals surface area contributed by atoms with Crippen LogP contribution in [0.5, 0.6) is 5.75 Å². The first-order valence-corrected chi connectivity index (χ1v) is 5.27. The molecule has 2 N–H and O–H groups in total. The minimum absolute atomic E-state index is 0.126. The van der Waals surface area contributed by atoms with Crippen LogP contribution in [0.3, 0.4) is 0 Å². The number of hydrogen-bond donors (Lipinski definition) is 1. The van der Waals surface area contributed by atoms with E-state index in [0.29, 0.717) is 24.5 Å². The molecule has 1 aromatic carbocycles. The number of halogens is 1. The van der Waals surface area contributed by atoms with Gasteiger partial charge in [-0.3, -0.25) is 0 Å². The van der Waals surface area contributed by atoms with Gasteiger partial charge in [-0.25, -0.2) is 4.39 Å². The van der Waals surface area contributed by atoms with Gasteiger partial charge in [0.2, 0.25) is 0 Å². The van der Waals surface area contributed by atoms with Crippen molar-refractivity contribution in [2.24, 2.45) is 5.73 Å². The highest BCUT2D eigenvalue weighted by atomic mass is 32.1. The Labute approximate surface area is 99.3 Å². The van der Waals surface area contributed by atoms with E-state index in [-0.39, 0.29) is 10.8 Å². The molecule has 5 heteroatoms. The van der Waals surface area contributed by atoms with Gasteiger partial charge in [-0.1, -0.05) is 12.2 Å². The van der Waals surface area contributed by atoms with Crippen LogP contribution in [0.15, 0.2) is 18.2 Å². The van der Waals surface area contributed by atoms with Gasteiger partial charge in [0.15, 0.2) is 0 Å². The molecule has 0 spiro atoms. The van der Waals surface area contributed by atoms with Crippen molar-refractivity contribution in [2.75, 3.05) is 20.3 Å². The number of ether oxygens (including phenoxy) is 2. The zero-order chi connectivity index (χ0) is 12.0. The number of nitrogens with two attached hydrogens (primary N) is 1. The second-order valence-corrected chi connectivity index (χ2v) is 3.64. The molecule has 3 nitrogen and oxygen atoms in total. The van der Waals surface area contributed by atoms with Gasteiger partial charge < -0.3 is 15.2 Å². The zero-order valence-corrected chi connectivity index (χ0v) is 9.85. The highest BCUT2D eigenvalue weighted by Crippen LogP contribution is 2.19. The normalized spacial score (nSPS) is 10.1. The Morgan fingerprint density at radius 3 is 2.81 bits per heavy atom. The molecule has 1 rings (SSSR count). The Hall–Kier alpha value is -1.20. The summed E-state index contributed by atoms with van der Waals surface area (Å²) in [4.78, 5) is 0.126. The van der Waals surface area contributed by atoms with Crippen LogP contribution in [0.2, 0.25) is 0 Å². The molecule has 0 atom stereocenters. The zero-order valence-electron chi connectivity index (χ0n) is 9.03. The molecule has 0 aromatic heterocycles. The van der Waals surface area contributed by atoms with E-state index in [0.717, 1.165) is 6.42 Å². The first kappa shape index (κ1) is 12.9. The van der Waals surface area contributed by atoms with Gasteiger partial charge in [0.25, 0.3) is 0 Å². The summed E-state index contributed by atoms with van der Waals surface area (Å²) in [5.74, 6) is 0.122. The lowest BCUT2D eigenvalue weighted by Gasteiger charge is -2.10. The Kier molecular flexibility index (Phi) is 5.14. The third kappa shape index (κ3) is 3.75. The molecule has 0 heterocycles. The molecule has 0 radical (unpaired) electrons. The van der Waals surface area contributed by atoms with E-state index in [4.69, 9.17) is 27.4 Å². The molecule has 16 heavy (non-hydrogen) atoms. The van der Waals surface area contributed by atoms with Gasteiger partial charge in [0.05, 0.1) is 12.2 Å². The first-order chi connectivity index (χ1) is 7.65. The topological polar surface area (TPSA) is 44.5 Å². The number of benzene rings is 1. The molecule has 0 saturated heterocycles. The predicted molar refractivity (Wildman–Crippen MR) is 64.3 cm³/mol. The molecule has 0 aliphatic carbocycles. The van der Waals surface area contributed by atoms with Gasteiger partial charge in [-0.2, -0.15) is 0 Å². The summed E-state index contributed by atoms with van der Waals surface area (Å²) in [6.07, 6.45) is 0.755. The van der Waals surface area contributed by atoms with Crippen LogP contribution in [0.4, 0.5) is 4.39 Å². The molecule has 88 valence electrons. The monoisotopic (exact) mass is 243 g/mol. The summed E-state index contributed by atoms with van der Waals surface area (Å²) in [7, 11) is 1.62. The van der Waals surface area contributed by atoms with Crippen molar-refractivity contribution in [3.63, 3.8) is 0 Å². The average Bonchev–Trinajstić information content (AvgIpc) is 2.26. The molecule has 1 aromatic rings. The number of methoxy groups -OCH3 is 1. The van der Waals surface area contributed by atoms with Crippen LogP contribution in [0.25, 0.3) is 0 Å². The van der Waals surface area contributed by atoms with Crippen molar-refractivity contribution < 1.29 is 13.9 Å². The smallest absolute Gasteiger partial charge is 0.129 e. The Bertz CT molecular complexity index is 371. The molecule has 0 amide bonds. The van der Waals surface area contributed by atoms with Crippen LogP contribution in [0.1, 0.15) is 12.0 Å². The fraction of sp³-hybridized carbons (Fsp3) is 0.364. The minimum atomic E-state index is -0.382. The molecule has 0 aliphatic heterocycles. The summed E-state index contributed by atoms with van der Waals surface area (Å²) in [5, 5.41) is 0. The molecular formula is C11H14FNO2S. The second-order valence-electron chi connectivity index (χ2n) is 3.20. The van der Waals surface area contributed by atoms with Crippen LogP contribution in [-0.2, 0) is 4.74 Å². The number of hydrogen-bond acceptors (Lipinski definition) is 3. The third-order valence-electron chi connectivity index (χ3n) is 1.96. The molecular weight excluding hydrogens is 229 g/mol. The lowest BCUT2D eigenvalue weighted by atomic mass is 10.2. The van der Waals surface area contributed by atoms with Crippen LogP contribution < -0.4 is 10.5 Å². The molecule has 0 aliphatic rings. The van der Waals surface area contributed by atoms with Gasteiger partial charge in [0, 0.05) is 20.1 Å². The maximum Gasteiger partial charge on any atom is 0.129 e. The third-order valence-corrected chi connectivity index (χ3v) is 2.18. The van der Waals surface area contributed by atoms with E-state index in [9.17, 15) is 4.39 Å². The number of thiocarbonyl (C=S) groups is 1. The van der Waals surface area contributed by atoms with Gasteiger partial charge in [0.1, 0.15) is 16.6 Å². The van der Waals surface area contributed by atoms with E-state index in [1.54, 1.807) is 7.11 Å². The van der Waals surface area contributed by atoms with Gasteiger partial charge in [-0.05, 0) is 18.2 Å². The van der Waals surface area contributed by atoms with E-state index < -0.39 is 0 Å². The minimum Gasteiger partial charge on any atom is -0.493 e. The lowest BCUT2D eigenvalue weighted by molar-refractivity contribution is 0.172. The van der Waals surface area contributed by atoms with Crippen molar-refractivity contribution in [3.05, 3.63) is 29.6 Å². The van der Waals surface area contributed by atoms with E-state index in [1.807, 2.05) is 0 Å². The predicted octanol–water partition coefficient (Wildman–Crippen LogP) is 1.88. The summed E-state index contributed by atoms with van der Waals surface area (Å²) in [6, 6.07) is 4.11. The second kappa shape index (κ2) is 6.40. The van der Waals surface area contributed by atoms with Crippen molar-refractivity contribution in [3.8, 4) is 5.75 Å². The van der Waals surface area contributed by atoms with E-state index in [2.05, 4.69) is 0 Å². The molecule has 0 unspecified atom stereocenters. The van der Waals surface area contributed by atoms with Gasteiger partial charge in [-0.15, -0.1) is 0 Å². The van der Waals surface area contributed by atoms with Crippen molar-refractivity contribution in [2.45, 2.75) is 6.42 Å². The summed E-state index contributed by atoms with van der Waals surface area (Å²) < 4.78 is 23.3. The highest BCUT2D eigenvalue weighted by Gasteiger charge is 2.07. The molecule has 0 fully saturated rings. The van der Waals surface area contributed by atoms with Crippen molar-refractivity contribution >= 4 is 17.2 Å². The average molecular weight is 243 g/mol. The summed E-state index contributed by atoms with van der Waals surface area (Å²) in [6.45, 7) is 1.10. The standard InChI is InChI=1S/C11H14FNO2S/c1-14-5-2-6-15-10-4-3-8(12)7-9(10)11(13)16/h3-4,7H,2,5-6H2,1H3,(H2,13,16). The Morgan fingerprint density at radius 2 is 2.19 bits per heavy atom. The maximum absolute atomic E-state index is 13.0. The van der Waals surface area contributed by atoms with E-state index in [1.165, 1.54) is 18.2 Å². The summed E-state index contributed by atoms with van der Waals surface area (Å²) >= 11 is 4.82. The number of rotatable bonds is 6. The van der Waals surface area contributed by atoms with Gasteiger partial charge >= 0.3 is 0 Å². The van der Waals surface area contributed by atoms with Crippen LogP contribution in [-0.4, -0.2) is 25.3 Å². The lowest BCUT2D eigenvalue weighted by Crippen LogP contribution is -2.13. The van der Waals surface area contributed by atoms with Crippen molar-refractivity contribution in [1.29, 1.82) is 0 Å². The maximum atomic E-state index is 13.0. The highest BCUT2D eigenvalue weighted by molar-refractivity contribution is 7.80. The SMILES string of the molecule is COCCCOc1ccc(F)cc1C(N)=S. The molecule has 0 bridgehead atoms. The van der Waals surface area contributed by atoms with Crippen LogP contribution in [0, 0.1) is 5.82 Å². The largest absolute Gasteiger partial charge is 0.493 e. The van der Waals surface area contributed by atoms with Crippen molar-refractivity contribution in [1.82, 2.24) is 0 Å². The fourth-order valence-electron chi connectivity index (χ4n) is 1.21. The summed E-state index contributed by atoms with van der Waals surface area (Å²) in [5.41, 5.74) is 5.90. The Balaban J connectivity index is 2.67. The fourth-order valence-corrected chi connectivity index (χ4v) is 1.37.